The SMILES string of the molecule is CC1=CNCCCN1. The first kappa shape index (κ1) is 5.48. The molecule has 0 saturated heterocycles. The van der Waals surface area contributed by atoms with E-state index >= 15 is 0 Å². The monoisotopic (exact) mass is 112 g/mol. The van der Waals surface area contributed by atoms with Gasteiger partial charge >= 0.3 is 0 Å². The topological polar surface area (TPSA) is 24.1 Å². The second kappa shape index (κ2) is 2.60. The maximum Gasteiger partial charge on any atom is 0.0234 e. The van der Waals surface area contributed by atoms with Gasteiger partial charge in [0.05, 0.1) is 0 Å². The van der Waals surface area contributed by atoms with E-state index in [1.54, 1.807) is 0 Å². The number of hydrogen-bond donors (Lipinski definition) is 2. The minimum atomic E-state index is 1.10. The molecular weight excluding hydrogens is 100 g/mol. The summed E-state index contributed by atoms with van der Waals surface area (Å²) in [6, 6.07) is 0. The zero-order chi connectivity index (χ0) is 5.82. The van der Waals surface area contributed by atoms with E-state index in [1.165, 1.54) is 12.1 Å². The minimum Gasteiger partial charge on any atom is -0.389 e. The third-order valence-electron chi connectivity index (χ3n) is 1.22. The Morgan fingerprint density at radius 3 is 3.25 bits per heavy atom. The molecule has 0 aliphatic carbocycles. The zero-order valence-electron chi connectivity index (χ0n) is 5.20. The van der Waals surface area contributed by atoms with Gasteiger partial charge in [0.25, 0.3) is 0 Å². The number of hydrogen-bond acceptors (Lipinski definition) is 2. The molecule has 0 aromatic carbocycles. The van der Waals surface area contributed by atoms with Crippen LogP contribution in [0, 0.1) is 0 Å². The summed E-state index contributed by atoms with van der Waals surface area (Å²) < 4.78 is 0. The molecule has 0 aromatic rings. The van der Waals surface area contributed by atoms with Crippen molar-refractivity contribution in [1.29, 1.82) is 0 Å². The Hall–Kier alpha value is -0.660. The standard InChI is InChI=1S/C6H12N2/c1-6-5-7-3-2-4-8-6/h5,7-8H,2-4H2,1H3. The van der Waals surface area contributed by atoms with Gasteiger partial charge in [-0.05, 0) is 13.3 Å². The minimum absolute atomic E-state index is 1.10. The van der Waals surface area contributed by atoms with Gasteiger partial charge < -0.3 is 10.6 Å². The summed E-state index contributed by atoms with van der Waals surface area (Å²) in [6.07, 6.45) is 3.24. The van der Waals surface area contributed by atoms with E-state index in [0.717, 1.165) is 13.1 Å². The number of rotatable bonds is 0. The van der Waals surface area contributed by atoms with Crippen LogP contribution in [0.15, 0.2) is 11.9 Å². The van der Waals surface area contributed by atoms with E-state index in [2.05, 4.69) is 17.6 Å². The molecule has 1 aliphatic heterocycles. The maximum absolute atomic E-state index is 3.24. The Bertz CT molecular complexity index is 96.7. The lowest BCUT2D eigenvalue weighted by Gasteiger charge is -1.97. The highest BCUT2D eigenvalue weighted by molar-refractivity contribution is 4.95. The molecule has 0 atom stereocenters. The van der Waals surface area contributed by atoms with Crippen LogP contribution in [0.4, 0.5) is 0 Å². The Balaban J connectivity index is 2.36. The van der Waals surface area contributed by atoms with Crippen LogP contribution >= 0.6 is 0 Å². The number of nitrogens with one attached hydrogen (secondary N) is 2. The van der Waals surface area contributed by atoms with Gasteiger partial charge in [0.2, 0.25) is 0 Å². The van der Waals surface area contributed by atoms with Crippen LogP contribution in [0.5, 0.6) is 0 Å². The van der Waals surface area contributed by atoms with Crippen molar-refractivity contribution in [2.75, 3.05) is 13.1 Å². The van der Waals surface area contributed by atoms with Crippen LogP contribution in [-0.4, -0.2) is 13.1 Å². The first-order valence-electron chi connectivity index (χ1n) is 3.03. The molecule has 1 aliphatic rings. The zero-order valence-corrected chi connectivity index (χ0v) is 5.20. The Labute approximate surface area is 50.0 Å². The first-order chi connectivity index (χ1) is 3.89. The van der Waals surface area contributed by atoms with Crippen LogP contribution in [0.3, 0.4) is 0 Å². The highest BCUT2D eigenvalue weighted by atomic mass is 14.9. The van der Waals surface area contributed by atoms with Crippen LogP contribution < -0.4 is 10.6 Å². The molecule has 0 spiro atoms. The molecule has 0 amide bonds. The summed E-state index contributed by atoms with van der Waals surface area (Å²) in [7, 11) is 0. The molecule has 0 saturated carbocycles. The van der Waals surface area contributed by atoms with Gasteiger partial charge in [0.1, 0.15) is 0 Å². The second-order valence-electron chi connectivity index (χ2n) is 2.06. The van der Waals surface area contributed by atoms with Gasteiger partial charge in [0, 0.05) is 25.0 Å². The lowest BCUT2D eigenvalue weighted by atomic mass is 10.4. The second-order valence-corrected chi connectivity index (χ2v) is 2.06. The van der Waals surface area contributed by atoms with E-state index < -0.39 is 0 Å². The van der Waals surface area contributed by atoms with E-state index in [0.29, 0.717) is 0 Å². The first-order valence-corrected chi connectivity index (χ1v) is 3.03. The smallest absolute Gasteiger partial charge is 0.0234 e. The van der Waals surface area contributed by atoms with E-state index in [9.17, 15) is 0 Å². The van der Waals surface area contributed by atoms with E-state index in [4.69, 9.17) is 0 Å². The molecule has 2 N–H and O–H groups in total. The molecular formula is C6H12N2. The molecule has 2 heteroatoms. The summed E-state index contributed by atoms with van der Waals surface area (Å²) >= 11 is 0. The van der Waals surface area contributed by atoms with E-state index in [-0.39, 0.29) is 0 Å². The van der Waals surface area contributed by atoms with Crippen molar-refractivity contribution < 1.29 is 0 Å². The summed E-state index contributed by atoms with van der Waals surface area (Å²) in [4.78, 5) is 0. The Morgan fingerprint density at radius 2 is 2.38 bits per heavy atom. The summed E-state index contributed by atoms with van der Waals surface area (Å²) in [5.41, 5.74) is 1.24. The molecule has 0 fully saturated rings. The van der Waals surface area contributed by atoms with Gasteiger partial charge in [-0.15, -0.1) is 0 Å². The highest BCUT2D eigenvalue weighted by Crippen LogP contribution is 1.88. The van der Waals surface area contributed by atoms with Crippen molar-refractivity contribution in [3.63, 3.8) is 0 Å². The third kappa shape index (κ3) is 1.45. The van der Waals surface area contributed by atoms with Crippen molar-refractivity contribution in [1.82, 2.24) is 10.6 Å². The van der Waals surface area contributed by atoms with E-state index in [1.807, 2.05) is 6.20 Å². The van der Waals surface area contributed by atoms with Gasteiger partial charge in [-0.2, -0.15) is 0 Å². The predicted octanol–water partition coefficient (Wildman–Crippen LogP) is 0.431. The molecule has 1 heterocycles. The molecule has 0 unspecified atom stereocenters. The molecule has 8 heavy (non-hydrogen) atoms. The highest BCUT2D eigenvalue weighted by Gasteiger charge is 1.91. The Kier molecular flexibility index (Phi) is 1.78. The number of allylic oxidation sites excluding steroid dienone is 1. The molecule has 1 rings (SSSR count). The molecule has 46 valence electrons. The van der Waals surface area contributed by atoms with Crippen LogP contribution in [0.25, 0.3) is 0 Å². The normalized spacial score (nSPS) is 19.9. The van der Waals surface area contributed by atoms with Gasteiger partial charge in [-0.1, -0.05) is 0 Å². The lowest BCUT2D eigenvalue weighted by molar-refractivity contribution is 0.732. The Morgan fingerprint density at radius 1 is 1.50 bits per heavy atom. The average molecular weight is 112 g/mol. The van der Waals surface area contributed by atoms with Crippen LogP contribution in [-0.2, 0) is 0 Å². The summed E-state index contributed by atoms with van der Waals surface area (Å²) in [5, 5.41) is 6.42. The quantitative estimate of drug-likeness (QED) is 0.475. The lowest BCUT2D eigenvalue weighted by Crippen LogP contribution is -2.10. The van der Waals surface area contributed by atoms with Gasteiger partial charge in [0.15, 0.2) is 0 Å². The molecule has 0 aromatic heterocycles. The average Bonchev–Trinajstić information content (AvgIpc) is 1.94. The molecule has 2 nitrogen and oxygen atoms in total. The summed E-state index contributed by atoms with van der Waals surface area (Å²) in [5.74, 6) is 0. The van der Waals surface area contributed by atoms with Crippen LogP contribution in [0.1, 0.15) is 13.3 Å². The van der Waals surface area contributed by atoms with Crippen LogP contribution in [0.2, 0.25) is 0 Å². The third-order valence-corrected chi connectivity index (χ3v) is 1.22. The van der Waals surface area contributed by atoms with Crippen molar-refractivity contribution >= 4 is 0 Å². The molecule has 0 radical (unpaired) electrons. The maximum atomic E-state index is 3.24. The van der Waals surface area contributed by atoms with Crippen molar-refractivity contribution in [3.05, 3.63) is 11.9 Å². The van der Waals surface area contributed by atoms with Crippen molar-refractivity contribution in [3.8, 4) is 0 Å². The largest absolute Gasteiger partial charge is 0.389 e. The fraction of sp³-hybridized carbons (Fsp3) is 0.667. The molecule has 0 bridgehead atoms. The summed E-state index contributed by atoms with van der Waals surface area (Å²) in [6.45, 7) is 4.28. The van der Waals surface area contributed by atoms with Crippen molar-refractivity contribution in [2.24, 2.45) is 0 Å². The van der Waals surface area contributed by atoms with Gasteiger partial charge in [-0.3, -0.25) is 0 Å². The fourth-order valence-corrected chi connectivity index (χ4v) is 0.752. The van der Waals surface area contributed by atoms with Gasteiger partial charge in [-0.25, -0.2) is 0 Å². The fourth-order valence-electron chi connectivity index (χ4n) is 0.752. The predicted molar refractivity (Wildman–Crippen MR) is 34.4 cm³/mol. The van der Waals surface area contributed by atoms with Crippen molar-refractivity contribution in [2.45, 2.75) is 13.3 Å².